The topological polar surface area (TPSA) is 90.8 Å². The SMILES string of the molecule is COC(=O)c1cc(-c2ccc(C(C#N)Nc3ccc4[nH]cnc4c3)c(F)c2F)cs1. The number of nitrogens with one attached hydrogen (secondary N) is 2. The molecule has 2 aromatic carbocycles. The summed E-state index contributed by atoms with van der Waals surface area (Å²) in [5, 5.41) is 14.0. The van der Waals surface area contributed by atoms with E-state index in [1.807, 2.05) is 6.07 Å². The molecule has 0 saturated heterocycles. The Morgan fingerprint density at radius 3 is 2.87 bits per heavy atom. The molecule has 9 heteroatoms. The summed E-state index contributed by atoms with van der Waals surface area (Å²) in [6, 6.07) is 10.2. The Hall–Kier alpha value is -3.77. The Kier molecular flexibility index (Phi) is 5.16. The number of H-pyrrole nitrogens is 1. The van der Waals surface area contributed by atoms with Crippen LogP contribution in [0.2, 0.25) is 0 Å². The lowest BCUT2D eigenvalue weighted by Gasteiger charge is -2.15. The van der Waals surface area contributed by atoms with Gasteiger partial charge in [-0.2, -0.15) is 5.26 Å². The number of hydrogen-bond acceptors (Lipinski definition) is 6. The molecular weight excluding hydrogens is 410 g/mol. The molecule has 0 fully saturated rings. The van der Waals surface area contributed by atoms with Gasteiger partial charge in [-0.15, -0.1) is 11.3 Å². The number of aromatic nitrogens is 2. The van der Waals surface area contributed by atoms with Gasteiger partial charge in [-0.05, 0) is 35.2 Å². The molecule has 4 rings (SSSR count). The second-order valence-electron chi connectivity index (χ2n) is 6.36. The van der Waals surface area contributed by atoms with Crippen LogP contribution in [0.5, 0.6) is 0 Å². The zero-order valence-electron chi connectivity index (χ0n) is 15.6. The molecule has 2 N–H and O–H groups in total. The zero-order valence-corrected chi connectivity index (χ0v) is 16.4. The van der Waals surface area contributed by atoms with Gasteiger partial charge in [0.1, 0.15) is 10.9 Å². The van der Waals surface area contributed by atoms with Crippen molar-refractivity contribution in [2.45, 2.75) is 6.04 Å². The van der Waals surface area contributed by atoms with Gasteiger partial charge >= 0.3 is 5.97 Å². The third-order valence-electron chi connectivity index (χ3n) is 4.58. The van der Waals surface area contributed by atoms with Crippen LogP contribution in [-0.2, 0) is 4.74 Å². The van der Waals surface area contributed by atoms with Gasteiger partial charge in [0.15, 0.2) is 11.6 Å². The summed E-state index contributed by atoms with van der Waals surface area (Å²) < 4.78 is 34.3. The van der Waals surface area contributed by atoms with Crippen molar-refractivity contribution in [3.63, 3.8) is 0 Å². The van der Waals surface area contributed by atoms with Crippen LogP contribution in [-0.4, -0.2) is 23.0 Å². The van der Waals surface area contributed by atoms with E-state index in [1.165, 1.54) is 25.3 Å². The Balaban J connectivity index is 1.65. The number of thiophene rings is 1. The average molecular weight is 424 g/mol. The van der Waals surface area contributed by atoms with Crippen LogP contribution in [0.1, 0.15) is 21.3 Å². The Labute approximate surface area is 173 Å². The highest BCUT2D eigenvalue weighted by Gasteiger charge is 2.22. The van der Waals surface area contributed by atoms with E-state index in [4.69, 9.17) is 0 Å². The fourth-order valence-corrected chi connectivity index (χ4v) is 3.89. The Bertz CT molecular complexity index is 1290. The van der Waals surface area contributed by atoms with E-state index in [0.717, 1.165) is 16.9 Å². The summed E-state index contributed by atoms with van der Waals surface area (Å²) in [5.41, 5.74) is 2.27. The number of esters is 1. The third kappa shape index (κ3) is 3.49. The number of anilines is 1. The number of aromatic amines is 1. The second-order valence-corrected chi connectivity index (χ2v) is 7.27. The summed E-state index contributed by atoms with van der Waals surface area (Å²) in [5.74, 6) is -2.77. The summed E-state index contributed by atoms with van der Waals surface area (Å²) >= 11 is 1.07. The minimum atomic E-state index is -1.13. The van der Waals surface area contributed by atoms with E-state index in [1.54, 1.807) is 29.9 Å². The van der Waals surface area contributed by atoms with Gasteiger partial charge in [0.2, 0.25) is 0 Å². The normalized spacial score (nSPS) is 11.8. The molecule has 0 bridgehead atoms. The summed E-state index contributed by atoms with van der Waals surface area (Å²) in [6.07, 6.45) is 1.54. The average Bonchev–Trinajstić information content (AvgIpc) is 3.43. The Morgan fingerprint density at radius 2 is 2.10 bits per heavy atom. The molecule has 0 amide bonds. The first kappa shape index (κ1) is 19.5. The van der Waals surface area contributed by atoms with Crippen molar-refractivity contribution in [3.05, 3.63) is 70.2 Å². The van der Waals surface area contributed by atoms with Crippen molar-refractivity contribution in [3.8, 4) is 17.2 Å². The zero-order chi connectivity index (χ0) is 21.3. The van der Waals surface area contributed by atoms with Crippen LogP contribution in [0.4, 0.5) is 14.5 Å². The van der Waals surface area contributed by atoms with Crippen LogP contribution in [0.15, 0.2) is 48.1 Å². The maximum Gasteiger partial charge on any atom is 0.348 e. The van der Waals surface area contributed by atoms with Crippen LogP contribution in [0.25, 0.3) is 22.2 Å². The molecule has 0 spiro atoms. The first-order chi connectivity index (χ1) is 14.5. The second kappa shape index (κ2) is 7.93. The van der Waals surface area contributed by atoms with Crippen molar-refractivity contribution in [1.29, 1.82) is 5.26 Å². The van der Waals surface area contributed by atoms with E-state index in [9.17, 15) is 18.8 Å². The van der Waals surface area contributed by atoms with E-state index < -0.39 is 23.6 Å². The van der Waals surface area contributed by atoms with Crippen molar-refractivity contribution in [2.75, 3.05) is 12.4 Å². The molecule has 4 aromatic rings. The smallest absolute Gasteiger partial charge is 0.348 e. The number of carbonyl (C=O) groups excluding carboxylic acids is 1. The number of imidazole rings is 1. The number of nitrogens with zero attached hydrogens (tertiary/aromatic N) is 2. The molecule has 30 heavy (non-hydrogen) atoms. The maximum absolute atomic E-state index is 14.9. The maximum atomic E-state index is 14.9. The molecular formula is C21H14F2N4O2S. The molecule has 0 radical (unpaired) electrons. The lowest BCUT2D eigenvalue weighted by atomic mass is 10.0. The van der Waals surface area contributed by atoms with Gasteiger partial charge in [-0.25, -0.2) is 18.6 Å². The molecule has 2 heterocycles. The Morgan fingerprint density at radius 1 is 1.27 bits per heavy atom. The quantitative estimate of drug-likeness (QED) is 0.439. The molecule has 0 aliphatic rings. The first-order valence-electron chi connectivity index (χ1n) is 8.76. The highest BCUT2D eigenvalue weighted by Crippen LogP contribution is 2.33. The van der Waals surface area contributed by atoms with Crippen LogP contribution in [0.3, 0.4) is 0 Å². The molecule has 1 unspecified atom stereocenters. The molecule has 150 valence electrons. The monoisotopic (exact) mass is 424 g/mol. The number of carbonyl (C=O) groups is 1. The summed E-state index contributed by atoms with van der Waals surface area (Å²) in [6.45, 7) is 0. The van der Waals surface area contributed by atoms with E-state index in [-0.39, 0.29) is 16.0 Å². The highest BCUT2D eigenvalue weighted by atomic mass is 32.1. The number of hydrogen-bond donors (Lipinski definition) is 2. The molecule has 6 nitrogen and oxygen atoms in total. The predicted octanol–water partition coefficient (Wildman–Crippen LogP) is 5.03. The fraction of sp³-hybridized carbons (Fsp3) is 0.0952. The van der Waals surface area contributed by atoms with E-state index >= 15 is 0 Å². The summed E-state index contributed by atoms with van der Waals surface area (Å²) in [4.78, 5) is 19.0. The predicted molar refractivity (Wildman–Crippen MR) is 109 cm³/mol. The standard InChI is InChI=1S/C21H14F2N4O2S/c1-29-21(28)18-6-11(9-30-18)13-3-4-14(20(23)19(13)22)17(8-24)27-12-2-5-15-16(7-12)26-10-25-15/h2-7,9-10,17,27H,1H3,(H,25,26). The van der Waals surface area contributed by atoms with Crippen LogP contribution >= 0.6 is 11.3 Å². The van der Waals surface area contributed by atoms with E-state index in [2.05, 4.69) is 20.0 Å². The summed E-state index contributed by atoms with van der Waals surface area (Å²) in [7, 11) is 1.25. The molecule has 2 aromatic heterocycles. The first-order valence-corrected chi connectivity index (χ1v) is 9.64. The number of fused-ring (bicyclic) bond motifs is 1. The van der Waals surface area contributed by atoms with Gasteiger partial charge in [-0.1, -0.05) is 12.1 Å². The van der Waals surface area contributed by atoms with Crippen molar-refractivity contribution >= 4 is 34.0 Å². The molecule has 0 saturated carbocycles. The van der Waals surface area contributed by atoms with E-state index in [0.29, 0.717) is 16.8 Å². The van der Waals surface area contributed by atoms with Crippen LogP contribution < -0.4 is 5.32 Å². The van der Waals surface area contributed by atoms with Crippen LogP contribution in [0, 0.1) is 23.0 Å². The number of benzene rings is 2. The fourth-order valence-electron chi connectivity index (χ4n) is 3.06. The van der Waals surface area contributed by atoms with Gasteiger partial charge in [-0.3, -0.25) is 0 Å². The minimum Gasteiger partial charge on any atom is -0.465 e. The third-order valence-corrected chi connectivity index (χ3v) is 5.49. The van der Waals surface area contributed by atoms with Crippen molar-refractivity contribution < 1.29 is 18.3 Å². The highest BCUT2D eigenvalue weighted by molar-refractivity contribution is 7.12. The molecule has 1 atom stereocenters. The number of nitriles is 1. The number of methoxy groups -OCH3 is 1. The lowest BCUT2D eigenvalue weighted by Crippen LogP contribution is -2.11. The van der Waals surface area contributed by atoms with Gasteiger partial charge in [0.05, 0.1) is 30.5 Å². The number of ether oxygens (including phenoxy) is 1. The molecule has 0 aliphatic heterocycles. The van der Waals surface area contributed by atoms with Gasteiger partial charge in [0, 0.05) is 16.8 Å². The minimum absolute atomic E-state index is 0.00251. The van der Waals surface area contributed by atoms with Crippen molar-refractivity contribution in [1.82, 2.24) is 9.97 Å². The van der Waals surface area contributed by atoms with Crippen molar-refractivity contribution in [2.24, 2.45) is 0 Å². The number of halogens is 2. The van der Waals surface area contributed by atoms with Gasteiger partial charge < -0.3 is 15.0 Å². The molecule has 0 aliphatic carbocycles. The largest absolute Gasteiger partial charge is 0.465 e. The van der Waals surface area contributed by atoms with Gasteiger partial charge in [0.25, 0.3) is 0 Å². The number of rotatable bonds is 5. The lowest BCUT2D eigenvalue weighted by molar-refractivity contribution is 0.0606.